The fourth-order valence-corrected chi connectivity index (χ4v) is 1.55. The summed E-state index contributed by atoms with van der Waals surface area (Å²) in [5, 5.41) is 2.61. The van der Waals surface area contributed by atoms with Gasteiger partial charge in [-0.3, -0.25) is 10.1 Å². The molecule has 0 spiro atoms. The second kappa shape index (κ2) is 4.96. The van der Waals surface area contributed by atoms with E-state index >= 15 is 0 Å². The Balaban J connectivity index is 2.10. The highest BCUT2D eigenvalue weighted by Crippen LogP contribution is 2.09. The lowest BCUT2D eigenvalue weighted by Crippen LogP contribution is -2.46. The maximum atomic E-state index is 11.5. The number of esters is 1. The lowest BCUT2D eigenvalue weighted by Gasteiger charge is -2.27. The zero-order valence-corrected chi connectivity index (χ0v) is 9.43. The van der Waals surface area contributed by atoms with Gasteiger partial charge in [0.2, 0.25) is 5.96 Å². The van der Waals surface area contributed by atoms with E-state index in [4.69, 9.17) is 4.74 Å². The molecule has 0 bridgehead atoms. The van der Waals surface area contributed by atoms with Crippen molar-refractivity contribution >= 4 is 17.8 Å². The quantitative estimate of drug-likeness (QED) is 0.462. The van der Waals surface area contributed by atoms with Gasteiger partial charge in [0.1, 0.15) is 5.70 Å². The SMILES string of the molecule is COC(=O)/C=C1\N=C(N2CCOCC2)NC1=O. The summed E-state index contributed by atoms with van der Waals surface area (Å²) in [6, 6.07) is 0. The largest absolute Gasteiger partial charge is 0.466 e. The predicted octanol–water partition coefficient (Wildman–Crippen LogP) is -1.14. The van der Waals surface area contributed by atoms with Gasteiger partial charge in [-0.25, -0.2) is 9.79 Å². The van der Waals surface area contributed by atoms with Gasteiger partial charge >= 0.3 is 5.97 Å². The lowest BCUT2D eigenvalue weighted by molar-refractivity contribution is -0.135. The molecular weight excluding hydrogens is 226 g/mol. The van der Waals surface area contributed by atoms with Gasteiger partial charge in [-0.05, 0) is 0 Å². The number of nitrogens with zero attached hydrogens (tertiary/aromatic N) is 2. The Labute approximate surface area is 98.1 Å². The molecule has 0 aliphatic carbocycles. The first-order chi connectivity index (χ1) is 8.20. The van der Waals surface area contributed by atoms with Crippen molar-refractivity contribution in [3.8, 4) is 0 Å². The molecule has 7 heteroatoms. The molecule has 0 aromatic carbocycles. The van der Waals surface area contributed by atoms with Crippen molar-refractivity contribution in [2.75, 3.05) is 33.4 Å². The minimum atomic E-state index is -0.595. The lowest BCUT2D eigenvalue weighted by atomic mass is 10.4. The first-order valence-corrected chi connectivity index (χ1v) is 5.23. The Morgan fingerprint density at radius 2 is 2.24 bits per heavy atom. The van der Waals surface area contributed by atoms with Gasteiger partial charge < -0.3 is 14.4 Å². The average molecular weight is 239 g/mol. The van der Waals surface area contributed by atoms with Crippen LogP contribution in [0, 0.1) is 0 Å². The van der Waals surface area contributed by atoms with Gasteiger partial charge in [0.05, 0.1) is 26.4 Å². The van der Waals surface area contributed by atoms with E-state index in [1.54, 1.807) is 0 Å². The summed E-state index contributed by atoms with van der Waals surface area (Å²) in [5.74, 6) is -0.521. The molecule has 92 valence electrons. The Kier molecular flexibility index (Phi) is 3.38. The standard InChI is InChI=1S/C10H13N3O4/c1-16-8(14)6-7-9(15)12-10(11-7)13-2-4-17-5-3-13/h6H,2-5H2,1H3,(H,11,12,15)/b7-6-. The van der Waals surface area contributed by atoms with Crippen LogP contribution in [0.25, 0.3) is 0 Å². The third-order valence-corrected chi connectivity index (χ3v) is 2.45. The van der Waals surface area contributed by atoms with E-state index in [0.29, 0.717) is 32.3 Å². The number of hydrogen-bond donors (Lipinski definition) is 1. The van der Waals surface area contributed by atoms with Crippen molar-refractivity contribution in [1.82, 2.24) is 10.2 Å². The second-order valence-corrected chi connectivity index (χ2v) is 3.54. The minimum Gasteiger partial charge on any atom is -0.466 e. The zero-order valence-electron chi connectivity index (χ0n) is 9.43. The van der Waals surface area contributed by atoms with Crippen molar-refractivity contribution in [3.63, 3.8) is 0 Å². The van der Waals surface area contributed by atoms with Crippen molar-refractivity contribution in [2.24, 2.45) is 4.99 Å². The molecule has 2 aliphatic heterocycles. The van der Waals surface area contributed by atoms with Crippen molar-refractivity contribution < 1.29 is 19.1 Å². The number of morpholine rings is 1. The van der Waals surface area contributed by atoms with Gasteiger partial charge in [-0.1, -0.05) is 0 Å². The first-order valence-electron chi connectivity index (χ1n) is 5.23. The zero-order chi connectivity index (χ0) is 12.3. The summed E-state index contributed by atoms with van der Waals surface area (Å²) in [7, 11) is 1.25. The van der Waals surface area contributed by atoms with E-state index in [2.05, 4.69) is 15.0 Å². The molecule has 0 atom stereocenters. The van der Waals surface area contributed by atoms with Crippen LogP contribution in [-0.4, -0.2) is 56.1 Å². The summed E-state index contributed by atoms with van der Waals surface area (Å²) in [6.45, 7) is 2.55. The third-order valence-electron chi connectivity index (χ3n) is 2.45. The third kappa shape index (κ3) is 2.62. The monoisotopic (exact) mass is 239 g/mol. The molecule has 0 radical (unpaired) electrons. The molecule has 2 rings (SSSR count). The minimum absolute atomic E-state index is 0.0679. The van der Waals surface area contributed by atoms with E-state index in [1.807, 2.05) is 4.90 Å². The molecule has 7 nitrogen and oxygen atoms in total. The molecule has 1 N–H and O–H groups in total. The van der Waals surface area contributed by atoms with Crippen LogP contribution in [0.2, 0.25) is 0 Å². The molecule has 1 amide bonds. The van der Waals surface area contributed by atoms with Crippen LogP contribution in [0.5, 0.6) is 0 Å². The van der Waals surface area contributed by atoms with Gasteiger partial charge in [0.25, 0.3) is 5.91 Å². The number of carbonyl (C=O) groups is 2. The maximum absolute atomic E-state index is 11.5. The highest BCUT2D eigenvalue weighted by molar-refractivity contribution is 6.13. The Morgan fingerprint density at radius 1 is 1.53 bits per heavy atom. The normalized spacial score (nSPS) is 22.4. The Hall–Kier alpha value is -1.89. The molecular formula is C10H13N3O4. The van der Waals surface area contributed by atoms with E-state index in [0.717, 1.165) is 6.08 Å². The Morgan fingerprint density at radius 3 is 2.88 bits per heavy atom. The number of guanidine groups is 1. The highest BCUT2D eigenvalue weighted by Gasteiger charge is 2.26. The summed E-state index contributed by atoms with van der Waals surface area (Å²) in [5.41, 5.74) is 0.0679. The van der Waals surface area contributed by atoms with Gasteiger partial charge in [0.15, 0.2) is 0 Å². The molecule has 0 unspecified atom stereocenters. The van der Waals surface area contributed by atoms with Crippen LogP contribution in [0.15, 0.2) is 16.8 Å². The highest BCUT2D eigenvalue weighted by atomic mass is 16.5. The number of carbonyl (C=O) groups excluding carboxylic acids is 2. The van der Waals surface area contributed by atoms with Crippen LogP contribution in [0.1, 0.15) is 0 Å². The summed E-state index contributed by atoms with van der Waals surface area (Å²) in [6.07, 6.45) is 1.07. The van der Waals surface area contributed by atoms with E-state index in [-0.39, 0.29) is 5.70 Å². The molecule has 0 aromatic rings. The van der Waals surface area contributed by atoms with Crippen molar-refractivity contribution in [1.29, 1.82) is 0 Å². The van der Waals surface area contributed by atoms with Crippen LogP contribution in [0.3, 0.4) is 0 Å². The fourth-order valence-electron chi connectivity index (χ4n) is 1.55. The second-order valence-electron chi connectivity index (χ2n) is 3.54. The van der Waals surface area contributed by atoms with Gasteiger partial charge in [-0.2, -0.15) is 0 Å². The average Bonchev–Trinajstić information content (AvgIpc) is 2.72. The molecule has 2 aliphatic rings. The van der Waals surface area contributed by atoms with Crippen LogP contribution >= 0.6 is 0 Å². The van der Waals surface area contributed by atoms with Crippen molar-refractivity contribution in [2.45, 2.75) is 0 Å². The number of aliphatic imine (C=N–C) groups is 1. The number of hydrogen-bond acceptors (Lipinski definition) is 6. The number of rotatable bonds is 1. The molecule has 1 fully saturated rings. The predicted molar refractivity (Wildman–Crippen MR) is 58.1 cm³/mol. The molecule has 2 heterocycles. The number of amides is 1. The Bertz CT molecular complexity index is 396. The van der Waals surface area contributed by atoms with E-state index in [9.17, 15) is 9.59 Å². The maximum Gasteiger partial charge on any atom is 0.332 e. The fraction of sp³-hybridized carbons (Fsp3) is 0.500. The number of ether oxygens (including phenoxy) is 2. The smallest absolute Gasteiger partial charge is 0.332 e. The summed E-state index contributed by atoms with van der Waals surface area (Å²) >= 11 is 0. The van der Waals surface area contributed by atoms with E-state index in [1.165, 1.54) is 7.11 Å². The summed E-state index contributed by atoms with van der Waals surface area (Å²) < 4.78 is 9.64. The molecule has 0 saturated carbocycles. The van der Waals surface area contributed by atoms with Gasteiger partial charge in [-0.15, -0.1) is 0 Å². The van der Waals surface area contributed by atoms with Crippen LogP contribution in [0.4, 0.5) is 0 Å². The number of methoxy groups -OCH3 is 1. The van der Waals surface area contributed by atoms with Gasteiger partial charge in [0, 0.05) is 13.1 Å². The van der Waals surface area contributed by atoms with E-state index < -0.39 is 11.9 Å². The summed E-state index contributed by atoms with van der Waals surface area (Å²) in [4.78, 5) is 28.5. The molecule has 17 heavy (non-hydrogen) atoms. The topological polar surface area (TPSA) is 80.2 Å². The van der Waals surface area contributed by atoms with Crippen LogP contribution < -0.4 is 5.32 Å². The van der Waals surface area contributed by atoms with Crippen LogP contribution in [-0.2, 0) is 19.1 Å². The number of nitrogens with one attached hydrogen (secondary N) is 1. The molecule has 0 aromatic heterocycles. The van der Waals surface area contributed by atoms with Crippen molar-refractivity contribution in [3.05, 3.63) is 11.8 Å². The first kappa shape index (κ1) is 11.6. The molecule has 1 saturated heterocycles.